The molecule has 1 saturated heterocycles. The SMILES string of the molecule is CN1CCC(Cn2c(=O)n(-c3ccccc3)c3ncc(Br)cc32)CC1. The molecule has 1 aliphatic heterocycles. The van der Waals surface area contributed by atoms with Gasteiger partial charge in [0.2, 0.25) is 0 Å². The summed E-state index contributed by atoms with van der Waals surface area (Å²) in [7, 11) is 2.16. The lowest BCUT2D eigenvalue weighted by molar-refractivity contribution is 0.205. The summed E-state index contributed by atoms with van der Waals surface area (Å²) in [6.45, 7) is 2.94. The van der Waals surface area contributed by atoms with Crippen LogP contribution in [0.1, 0.15) is 12.8 Å². The van der Waals surface area contributed by atoms with Gasteiger partial charge in [-0.25, -0.2) is 14.3 Å². The molecule has 0 saturated carbocycles. The predicted octanol–water partition coefficient (Wildman–Crippen LogP) is 3.29. The van der Waals surface area contributed by atoms with Crippen molar-refractivity contribution in [2.24, 2.45) is 5.92 Å². The summed E-state index contributed by atoms with van der Waals surface area (Å²) >= 11 is 3.50. The van der Waals surface area contributed by atoms with Gasteiger partial charge >= 0.3 is 5.69 Å². The Morgan fingerprint density at radius 3 is 2.64 bits per heavy atom. The molecule has 5 nitrogen and oxygen atoms in total. The van der Waals surface area contributed by atoms with Crippen molar-refractivity contribution < 1.29 is 0 Å². The summed E-state index contributed by atoms with van der Waals surface area (Å²) in [6.07, 6.45) is 4.01. The van der Waals surface area contributed by atoms with Crippen molar-refractivity contribution in [3.63, 3.8) is 0 Å². The van der Waals surface area contributed by atoms with Gasteiger partial charge in [-0.15, -0.1) is 0 Å². The largest absolute Gasteiger partial charge is 0.334 e. The Morgan fingerprint density at radius 1 is 1.20 bits per heavy atom. The highest BCUT2D eigenvalue weighted by Crippen LogP contribution is 2.23. The number of fused-ring (bicyclic) bond motifs is 1. The van der Waals surface area contributed by atoms with Crippen LogP contribution in [0.25, 0.3) is 16.9 Å². The predicted molar refractivity (Wildman–Crippen MR) is 103 cm³/mol. The summed E-state index contributed by atoms with van der Waals surface area (Å²) in [5, 5.41) is 0. The van der Waals surface area contributed by atoms with Crippen LogP contribution in [0.4, 0.5) is 0 Å². The number of rotatable bonds is 3. The second-order valence-electron chi connectivity index (χ2n) is 6.81. The molecule has 0 unspecified atom stereocenters. The minimum atomic E-state index is -0.00859. The van der Waals surface area contributed by atoms with E-state index in [0.717, 1.165) is 48.2 Å². The summed E-state index contributed by atoms with van der Waals surface area (Å²) in [5.41, 5.74) is 2.45. The van der Waals surface area contributed by atoms with Crippen molar-refractivity contribution in [2.75, 3.05) is 20.1 Å². The smallest absolute Gasteiger partial charge is 0.306 e. The molecule has 0 spiro atoms. The van der Waals surface area contributed by atoms with Gasteiger partial charge in [-0.05, 0) is 73.0 Å². The van der Waals surface area contributed by atoms with Gasteiger partial charge in [0.1, 0.15) is 0 Å². The molecule has 0 bridgehead atoms. The lowest BCUT2D eigenvalue weighted by Gasteiger charge is -2.28. The van der Waals surface area contributed by atoms with E-state index in [1.54, 1.807) is 10.8 Å². The average molecular weight is 401 g/mol. The monoisotopic (exact) mass is 400 g/mol. The van der Waals surface area contributed by atoms with Crippen LogP contribution in [0, 0.1) is 5.92 Å². The van der Waals surface area contributed by atoms with E-state index in [9.17, 15) is 4.79 Å². The topological polar surface area (TPSA) is 43.1 Å². The molecule has 1 aromatic carbocycles. The van der Waals surface area contributed by atoms with Crippen LogP contribution < -0.4 is 5.69 Å². The van der Waals surface area contributed by atoms with Crippen molar-refractivity contribution in [1.82, 2.24) is 19.0 Å². The Kier molecular flexibility index (Phi) is 4.48. The number of para-hydroxylation sites is 1. The Morgan fingerprint density at radius 2 is 1.92 bits per heavy atom. The second kappa shape index (κ2) is 6.77. The van der Waals surface area contributed by atoms with Gasteiger partial charge in [0.25, 0.3) is 0 Å². The number of nitrogens with zero attached hydrogens (tertiary/aromatic N) is 4. The molecule has 25 heavy (non-hydrogen) atoms. The molecule has 0 N–H and O–H groups in total. The van der Waals surface area contributed by atoms with Crippen molar-refractivity contribution in [1.29, 1.82) is 0 Å². The quantitative estimate of drug-likeness (QED) is 0.677. The number of piperidine rings is 1. The first-order chi connectivity index (χ1) is 12.1. The molecular formula is C19H21BrN4O. The van der Waals surface area contributed by atoms with E-state index in [1.165, 1.54) is 0 Å². The van der Waals surface area contributed by atoms with Gasteiger partial charge < -0.3 is 4.90 Å². The lowest BCUT2D eigenvalue weighted by Crippen LogP contribution is -2.34. The molecule has 0 amide bonds. The maximum Gasteiger partial charge on any atom is 0.334 e. The first-order valence-electron chi connectivity index (χ1n) is 8.64. The zero-order valence-electron chi connectivity index (χ0n) is 14.2. The fraction of sp³-hybridized carbons (Fsp3) is 0.368. The Bertz CT molecular complexity index is 939. The molecule has 4 rings (SSSR count). The highest BCUT2D eigenvalue weighted by atomic mass is 79.9. The molecule has 3 heterocycles. The molecule has 3 aromatic rings. The number of hydrogen-bond donors (Lipinski definition) is 0. The van der Waals surface area contributed by atoms with Gasteiger partial charge in [-0.2, -0.15) is 0 Å². The molecule has 130 valence electrons. The highest BCUT2D eigenvalue weighted by molar-refractivity contribution is 9.10. The van der Waals surface area contributed by atoms with Gasteiger partial charge in [-0.3, -0.25) is 4.57 Å². The van der Waals surface area contributed by atoms with Crippen molar-refractivity contribution in [3.05, 3.63) is 57.6 Å². The minimum absolute atomic E-state index is 0.00859. The van der Waals surface area contributed by atoms with Crippen molar-refractivity contribution in [3.8, 4) is 5.69 Å². The third-order valence-electron chi connectivity index (χ3n) is 5.03. The fourth-order valence-corrected chi connectivity index (χ4v) is 3.91. The maximum atomic E-state index is 13.2. The van der Waals surface area contributed by atoms with E-state index in [1.807, 2.05) is 41.0 Å². The molecule has 6 heteroatoms. The summed E-state index contributed by atoms with van der Waals surface area (Å²) in [5.74, 6) is 0.530. The highest BCUT2D eigenvalue weighted by Gasteiger charge is 2.22. The zero-order chi connectivity index (χ0) is 17.4. The number of halogens is 1. The Hall–Kier alpha value is -1.92. The van der Waals surface area contributed by atoms with E-state index in [4.69, 9.17) is 0 Å². The molecule has 1 fully saturated rings. The normalized spacial score (nSPS) is 16.6. The van der Waals surface area contributed by atoms with Crippen LogP contribution in [0.15, 0.2) is 51.9 Å². The van der Waals surface area contributed by atoms with Gasteiger partial charge in [-0.1, -0.05) is 18.2 Å². The van der Waals surface area contributed by atoms with Crippen molar-refractivity contribution >= 4 is 27.1 Å². The van der Waals surface area contributed by atoms with Crippen LogP contribution in [0.3, 0.4) is 0 Å². The summed E-state index contributed by atoms with van der Waals surface area (Å²) in [6, 6.07) is 11.7. The average Bonchev–Trinajstić information content (AvgIpc) is 2.89. The molecule has 0 radical (unpaired) electrons. The maximum absolute atomic E-state index is 13.2. The van der Waals surface area contributed by atoms with Crippen LogP contribution in [-0.4, -0.2) is 39.2 Å². The third-order valence-corrected chi connectivity index (χ3v) is 5.47. The first-order valence-corrected chi connectivity index (χ1v) is 9.43. The molecule has 2 aromatic heterocycles. The number of benzene rings is 1. The zero-order valence-corrected chi connectivity index (χ0v) is 15.8. The van der Waals surface area contributed by atoms with Gasteiger partial charge in [0.15, 0.2) is 5.65 Å². The van der Waals surface area contributed by atoms with E-state index in [2.05, 4.69) is 32.9 Å². The third kappa shape index (κ3) is 3.16. The van der Waals surface area contributed by atoms with Gasteiger partial charge in [0.05, 0.1) is 11.2 Å². The standard InChI is InChI=1S/C19H21BrN4O/c1-22-9-7-14(8-10-22)13-23-17-11-15(20)12-21-18(17)24(19(23)25)16-5-3-2-4-6-16/h2-6,11-12,14H,7-10,13H2,1H3. The van der Waals surface area contributed by atoms with E-state index >= 15 is 0 Å². The lowest BCUT2D eigenvalue weighted by atomic mass is 9.97. The minimum Gasteiger partial charge on any atom is -0.306 e. The molecule has 1 aliphatic rings. The number of hydrogen-bond acceptors (Lipinski definition) is 3. The van der Waals surface area contributed by atoms with E-state index < -0.39 is 0 Å². The first kappa shape index (κ1) is 16.5. The van der Waals surface area contributed by atoms with E-state index in [0.29, 0.717) is 11.6 Å². The molecule has 0 atom stereocenters. The Labute approximate surface area is 155 Å². The summed E-state index contributed by atoms with van der Waals surface area (Å²) < 4.78 is 4.51. The second-order valence-corrected chi connectivity index (χ2v) is 7.72. The van der Waals surface area contributed by atoms with Crippen LogP contribution in [-0.2, 0) is 6.54 Å². The molecule has 0 aliphatic carbocycles. The number of imidazole rings is 1. The van der Waals surface area contributed by atoms with Crippen LogP contribution >= 0.6 is 15.9 Å². The number of aromatic nitrogens is 3. The van der Waals surface area contributed by atoms with Gasteiger partial charge in [0, 0.05) is 17.2 Å². The van der Waals surface area contributed by atoms with Crippen LogP contribution in [0.2, 0.25) is 0 Å². The number of likely N-dealkylation sites (tertiary alicyclic amines) is 1. The number of pyridine rings is 1. The Balaban J connectivity index is 1.82. The van der Waals surface area contributed by atoms with E-state index in [-0.39, 0.29) is 5.69 Å². The van der Waals surface area contributed by atoms with Crippen molar-refractivity contribution in [2.45, 2.75) is 19.4 Å². The summed E-state index contributed by atoms with van der Waals surface area (Å²) in [4.78, 5) is 20.1. The fourth-order valence-electron chi connectivity index (χ4n) is 3.60. The van der Waals surface area contributed by atoms with Crippen LogP contribution in [0.5, 0.6) is 0 Å². The molecular weight excluding hydrogens is 380 g/mol.